The molecule has 0 N–H and O–H groups in total. The summed E-state index contributed by atoms with van der Waals surface area (Å²) >= 11 is 5.87. The normalized spacial score (nSPS) is 11.2. The van der Waals surface area contributed by atoms with E-state index in [1.54, 1.807) is 11.3 Å². The van der Waals surface area contributed by atoms with Crippen molar-refractivity contribution >= 4 is 35.0 Å². The molecule has 0 saturated carbocycles. The maximum absolute atomic E-state index is 4.52. The van der Waals surface area contributed by atoms with Crippen LogP contribution in [0.15, 0.2) is 29.9 Å². The molecule has 2 heterocycles. The Hall–Kier alpha value is -1.33. The molecule has 3 nitrogen and oxygen atoms in total. The minimum absolute atomic E-state index is 0.691. The smallest absolute Gasteiger partial charge is 0.103 e. The van der Waals surface area contributed by atoms with Crippen LogP contribution in [0.25, 0.3) is 22.3 Å². The van der Waals surface area contributed by atoms with Gasteiger partial charge >= 0.3 is 0 Å². The summed E-state index contributed by atoms with van der Waals surface area (Å²) in [7, 11) is 2.00. The molecule has 1 aromatic carbocycles. The van der Waals surface area contributed by atoms with Crippen LogP contribution in [0.4, 0.5) is 0 Å². The highest BCUT2D eigenvalue weighted by molar-refractivity contribution is 7.79. The summed E-state index contributed by atoms with van der Waals surface area (Å²) in [6, 6.07) is 6.24. The van der Waals surface area contributed by atoms with Crippen molar-refractivity contribution in [3.8, 4) is 11.3 Å². The number of aromatic nitrogens is 3. The van der Waals surface area contributed by atoms with E-state index in [0.29, 0.717) is 5.75 Å². The van der Waals surface area contributed by atoms with Crippen LogP contribution in [0.3, 0.4) is 0 Å². The number of fused-ring (bicyclic) bond motifs is 1. The van der Waals surface area contributed by atoms with Gasteiger partial charge in [-0.15, -0.1) is 11.3 Å². The molecule has 5 heteroatoms. The van der Waals surface area contributed by atoms with E-state index >= 15 is 0 Å². The monoisotopic (exact) mass is 261 g/mol. The zero-order valence-electron chi connectivity index (χ0n) is 9.29. The molecule has 0 bridgehead atoms. The molecular weight excluding hydrogens is 250 g/mol. The van der Waals surface area contributed by atoms with E-state index in [1.165, 1.54) is 0 Å². The number of hydrogen-bond acceptors (Lipinski definition) is 4. The minimum Gasteiger partial charge on any atom is -0.334 e. The van der Waals surface area contributed by atoms with Gasteiger partial charge in [-0.1, -0.05) is 6.07 Å². The van der Waals surface area contributed by atoms with E-state index in [1.807, 2.05) is 17.9 Å². The Labute approximate surface area is 109 Å². The van der Waals surface area contributed by atoms with E-state index in [2.05, 4.69) is 46.2 Å². The molecule has 2 aromatic heterocycles. The molecule has 0 fully saturated rings. The molecular formula is C12H11N3S2. The summed E-state index contributed by atoms with van der Waals surface area (Å²) in [5.41, 5.74) is 4.26. The van der Waals surface area contributed by atoms with Gasteiger partial charge in [0.15, 0.2) is 0 Å². The number of imidazole rings is 1. The van der Waals surface area contributed by atoms with Crippen LogP contribution in [-0.2, 0) is 12.8 Å². The lowest BCUT2D eigenvalue weighted by Gasteiger charge is -1.98. The quantitative estimate of drug-likeness (QED) is 0.718. The summed E-state index contributed by atoms with van der Waals surface area (Å²) < 4.78 is 2.01. The molecule has 17 heavy (non-hydrogen) atoms. The summed E-state index contributed by atoms with van der Waals surface area (Å²) in [5.74, 6) is 0.691. The fourth-order valence-electron chi connectivity index (χ4n) is 1.81. The lowest BCUT2D eigenvalue weighted by Crippen LogP contribution is -1.84. The molecule has 0 aliphatic heterocycles. The summed E-state index contributed by atoms with van der Waals surface area (Å²) in [5, 5.41) is 3.11. The van der Waals surface area contributed by atoms with E-state index < -0.39 is 0 Å². The lowest BCUT2D eigenvalue weighted by molar-refractivity contribution is 0.948. The van der Waals surface area contributed by atoms with Crippen molar-refractivity contribution < 1.29 is 0 Å². The maximum Gasteiger partial charge on any atom is 0.103 e. The van der Waals surface area contributed by atoms with Crippen LogP contribution in [-0.4, -0.2) is 14.5 Å². The van der Waals surface area contributed by atoms with Gasteiger partial charge in [0, 0.05) is 23.7 Å². The zero-order valence-corrected chi connectivity index (χ0v) is 11.0. The molecule has 0 radical (unpaired) electrons. The second kappa shape index (κ2) is 4.16. The third-order valence-electron chi connectivity index (χ3n) is 2.71. The van der Waals surface area contributed by atoms with Crippen molar-refractivity contribution in [2.24, 2.45) is 7.05 Å². The van der Waals surface area contributed by atoms with Crippen LogP contribution >= 0.6 is 24.0 Å². The fourth-order valence-corrected chi connectivity index (χ4v) is 2.77. The Balaban J connectivity index is 2.11. The second-order valence-electron chi connectivity index (χ2n) is 3.84. The predicted octanol–water partition coefficient (Wildman–Crippen LogP) is 3.13. The SMILES string of the molecule is Cn1cnc2cc(-c3csc(CS)n3)ccc21. The van der Waals surface area contributed by atoms with Crippen LogP contribution < -0.4 is 0 Å². The summed E-state index contributed by atoms with van der Waals surface area (Å²) in [4.78, 5) is 8.88. The van der Waals surface area contributed by atoms with Gasteiger partial charge in [0.05, 0.1) is 23.1 Å². The predicted molar refractivity (Wildman–Crippen MR) is 74.5 cm³/mol. The Morgan fingerprint density at radius 2 is 2.29 bits per heavy atom. The van der Waals surface area contributed by atoms with Crippen LogP contribution in [0, 0.1) is 0 Å². The number of rotatable bonds is 2. The van der Waals surface area contributed by atoms with Crippen molar-refractivity contribution in [2.75, 3.05) is 0 Å². The first-order chi connectivity index (χ1) is 8.28. The molecule has 0 aliphatic carbocycles. The third kappa shape index (κ3) is 1.85. The van der Waals surface area contributed by atoms with Gasteiger partial charge in [0.1, 0.15) is 5.01 Å². The van der Waals surface area contributed by atoms with Crippen molar-refractivity contribution in [3.05, 3.63) is 34.9 Å². The standard InChI is InChI=1S/C12H11N3S2/c1-15-7-13-9-4-8(2-3-11(9)15)10-6-17-12(5-16)14-10/h2-4,6-7,16H,5H2,1H3. The Morgan fingerprint density at radius 1 is 1.41 bits per heavy atom. The average molecular weight is 261 g/mol. The molecule has 0 spiro atoms. The largest absolute Gasteiger partial charge is 0.334 e. The zero-order chi connectivity index (χ0) is 11.8. The molecule has 0 atom stereocenters. The van der Waals surface area contributed by atoms with E-state index in [-0.39, 0.29) is 0 Å². The van der Waals surface area contributed by atoms with Crippen LogP contribution in [0.5, 0.6) is 0 Å². The molecule has 0 amide bonds. The first-order valence-electron chi connectivity index (χ1n) is 5.24. The van der Waals surface area contributed by atoms with Gasteiger partial charge in [-0.05, 0) is 12.1 Å². The average Bonchev–Trinajstić information content (AvgIpc) is 2.96. The number of hydrogen-bond donors (Lipinski definition) is 1. The highest BCUT2D eigenvalue weighted by atomic mass is 32.1. The highest BCUT2D eigenvalue weighted by Gasteiger charge is 2.06. The van der Waals surface area contributed by atoms with Gasteiger partial charge in [-0.25, -0.2) is 9.97 Å². The van der Waals surface area contributed by atoms with Gasteiger partial charge < -0.3 is 4.57 Å². The van der Waals surface area contributed by atoms with Crippen molar-refractivity contribution in [1.82, 2.24) is 14.5 Å². The molecule has 86 valence electrons. The number of nitrogens with zero attached hydrogens (tertiary/aromatic N) is 3. The fraction of sp³-hybridized carbons (Fsp3) is 0.167. The van der Waals surface area contributed by atoms with Crippen molar-refractivity contribution in [1.29, 1.82) is 0 Å². The molecule has 0 aliphatic rings. The Morgan fingerprint density at radius 3 is 3.06 bits per heavy atom. The van der Waals surface area contributed by atoms with E-state index in [4.69, 9.17) is 0 Å². The highest BCUT2D eigenvalue weighted by Crippen LogP contribution is 2.25. The maximum atomic E-state index is 4.52. The van der Waals surface area contributed by atoms with Gasteiger partial charge in [0.2, 0.25) is 0 Å². The van der Waals surface area contributed by atoms with Crippen molar-refractivity contribution in [2.45, 2.75) is 5.75 Å². The van der Waals surface area contributed by atoms with E-state index in [0.717, 1.165) is 27.3 Å². The van der Waals surface area contributed by atoms with Crippen LogP contribution in [0.1, 0.15) is 5.01 Å². The first-order valence-corrected chi connectivity index (χ1v) is 6.76. The lowest BCUT2D eigenvalue weighted by atomic mass is 10.1. The Bertz CT molecular complexity index is 669. The summed E-state index contributed by atoms with van der Waals surface area (Å²) in [6.07, 6.45) is 1.83. The van der Waals surface area contributed by atoms with Crippen LogP contribution in [0.2, 0.25) is 0 Å². The molecule has 0 saturated heterocycles. The molecule has 0 unspecified atom stereocenters. The minimum atomic E-state index is 0.691. The van der Waals surface area contributed by atoms with Gasteiger partial charge in [0.25, 0.3) is 0 Å². The summed E-state index contributed by atoms with van der Waals surface area (Å²) in [6.45, 7) is 0. The van der Waals surface area contributed by atoms with Gasteiger partial charge in [-0.2, -0.15) is 12.6 Å². The number of aryl methyl sites for hydroxylation is 1. The van der Waals surface area contributed by atoms with Gasteiger partial charge in [-0.3, -0.25) is 0 Å². The number of thiol groups is 1. The molecule has 3 aromatic rings. The Kier molecular flexibility index (Phi) is 2.64. The molecule has 3 rings (SSSR count). The number of benzene rings is 1. The second-order valence-corrected chi connectivity index (χ2v) is 5.10. The number of thiazole rings is 1. The topological polar surface area (TPSA) is 30.7 Å². The van der Waals surface area contributed by atoms with Crippen molar-refractivity contribution in [3.63, 3.8) is 0 Å². The first kappa shape index (κ1) is 10.8. The van der Waals surface area contributed by atoms with E-state index in [9.17, 15) is 0 Å². The third-order valence-corrected chi connectivity index (χ3v) is 4.07.